The molecule has 0 N–H and O–H groups in total. The molecule has 3 heteroatoms. The Kier molecular flexibility index (Phi) is 2.67. The SMILES string of the molecule is Sc1cc(Cl)cc(I)c1. The van der Waals surface area contributed by atoms with Crippen molar-refractivity contribution >= 4 is 46.8 Å². The molecule has 0 heterocycles. The predicted molar refractivity (Wildman–Crippen MR) is 51.4 cm³/mol. The Hall–Kier alpha value is 0.590. The molecule has 1 rings (SSSR count). The largest absolute Gasteiger partial charge is 0.143 e. The summed E-state index contributed by atoms with van der Waals surface area (Å²) in [6.45, 7) is 0. The minimum absolute atomic E-state index is 0.743. The second-order valence-electron chi connectivity index (χ2n) is 1.63. The van der Waals surface area contributed by atoms with E-state index in [2.05, 4.69) is 35.2 Å². The van der Waals surface area contributed by atoms with E-state index in [0.29, 0.717) is 0 Å². The molecule has 9 heavy (non-hydrogen) atoms. The second-order valence-corrected chi connectivity index (χ2v) is 3.83. The topological polar surface area (TPSA) is 0 Å². The minimum Gasteiger partial charge on any atom is -0.143 e. The first kappa shape index (κ1) is 7.69. The average molecular weight is 271 g/mol. The molecule has 0 aliphatic heterocycles. The molecule has 0 unspecified atom stereocenters. The zero-order valence-electron chi connectivity index (χ0n) is 4.44. The zero-order chi connectivity index (χ0) is 6.85. The van der Waals surface area contributed by atoms with Gasteiger partial charge in [-0.1, -0.05) is 11.6 Å². The van der Waals surface area contributed by atoms with E-state index in [1.807, 2.05) is 18.2 Å². The summed E-state index contributed by atoms with van der Waals surface area (Å²) < 4.78 is 1.12. The van der Waals surface area contributed by atoms with Crippen molar-refractivity contribution in [1.82, 2.24) is 0 Å². The van der Waals surface area contributed by atoms with Gasteiger partial charge in [0, 0.05) is 13.5 Å². The molecule has 0 nitrogen and oxygen atoms in total. The van der Waals surface area contributed by atoms with Crippen LogP contribution in [-0.2, 0) is 0 Å². The fraction of sp³-hybridized carbons (Fsp3) is 0. The normalized spacial score (nSPS) is 9.67. The lowest BCUT2D eigenvalue weighted by Crippen LogP contribution is -1.70. The number of hydrogen-bond donors (Lipinski definition) is 1. The van der Waals surface area contributed by atoms with Crippen molar-refractivity contribution in [3.8, 4) is 0 Å². The van der Waals surface area contributed by atoms with Crippen molar-refractivity contribution in [3.63, 3.8) is 0 Å². The summed E-state index contributed by atoms with van der Waals surface area (Å²) >= 11 is 12.0. The van der Waals surface area contributed by atoms with Crippen LogP contribution in [0.4, 0.5) is 0 Å². The molecule has 48 valence electrons. The summed E-state index contributed by atoms with van der Waals surface area (Å²) in [6, 6.07) is 5.66. The number of halogens is 2. The van der Waals surface area contributed by atoms with E-state index in [9.17, 15) is 0 Å². The highest BCUT2D eigenvalue weighted by atomic mass is 127. The summed E-state index contributed by atoms with van der Waals surface area (Å²) in [5.41, 5.74) is 0. The molecule has 0 aliphatic carbocycles. The second kappa shape index (κ2) is 3.12. The molecule has 0 saturated carbocycles. The first-order valence-electron chi connectivity index (χ1n) is 2.33. The van der Waals surface area contributed by atoms with Crippen LogP contribution in [-0.4, -0.2) is 0 Å². The van der Waals surface area contributed by atoms with Gasteiger partial charge in [0.2, 0.25) is 0 Å². The summed E-state index contributed by atoms with van der Waals surface area (Å²) in [7, 11) is 0. The lowest BCUT2D eigenvalue weighted by atomic mass is 10.4. The van der Waals surface area contributed by atoms with E-state index < -0.39 is 0 Å². The first-order chi connectivity index (χ1) is 4.18. The van der Waals surface area contributed by atoms with Gasteiger partial charge in [0.25, 0.3) is 0 Å². The predicted octanol–water partition coefficient (Wildman–Crippen LogP) is 3.23. The molecule has 0 spiro atoms. The molecule has 0 aromatic heterocycles. The first-order valence-corrected chi connectivity index (χ1v) is 4.24. The molecule has 0 radical (unpaired) electrons. The van der Waals surface area contributed by atoms with E-state index in [4.69, 9.17) is 11.6 Å². The van der Waals surface area contributed by atoms with Crippen LogP contribution in [0.15, 0.2) is 23.1 Å². The number of hydrogen-bond acceptors (Lipinski definition) is 1. The van der Waals surface area contributed by atoms with Crippen molar-refractivity contribution in [1.29, 1.82) is 0 Å². The lowest BCUT2D eigenvalue weighted by molar-refractivity contribution is 1.45. The van der Waals surface area contributed by atoms with Gasteiger partial charge in [-0.15, -0.1) is 12.6 Å². The zero-order valence-corrected chi connectivity index (χ0v) is 8.24. The summed E-state index contributed by atoms with van der Waals surface area (Å²) in [5, 5.41) is 0.743. The molecule has 0 aliphatic rings. The van der Waals surface area contributed by atoms with Crippen LogP contribution < -0.4 is 0 Å². The van der Waals surface area contributed by atoms with Crippen LogP contribution in [0.1, 0.15) is 0 Å². The molecule has 0 amide bonds. The third kappa shape index (κ3) is 2.35. The summed E-state index contributed by atoms with van der Waals surface area (Å²) in [6.07, 6.45) is 0. The van der Waals surface area contributed by atoms with Crippen LogP contribution in [0.25, 0.3) is 0 Å². The van der Waals surface area contributed by atoms with Crippen molar-refractivity contribution in [2.75, 3.05) is 0 Å². The molecule has 1 aromatic rings. The quantitative estimate of drug-likeness (QED) is 0.543. The maximum absolute atomic E-state index is 5.70. The van der Waals surface area contributed by atoms with Gasteiger partial charge in [-0.2, -0.15) is 0 Å². The molecule has 0 atom stereocenters. The van der Waals surface area contributed by atoms with Crippen molar-refractivity contribution in [2.45, 2.75) is 4.90 Å². The van der Waals surface area contributed by atoms with Crippen molar-refractivity contribution in [3.05, 3.63) is 26.8 Å². The van der Waals surface area contributed by atoms with Gasteiger partial charge in [-0.3, -0.25) is 0 Å². The highest BCUT2D eigenvalue weighted by Crippen LogP contribution is 2.18. The monoisotopic (exact) mass is 270 g/mol. The standard InChI is InChI=1S/C6H4ClIS/c7-4-1-5(8)3-6(9)2-4/h1-3,9H. The van der Waals surface area contributed by atoms with E-state index >= 15 is 0 Å². The van der Waals surface area contributed by atoms with Gasteiger partial charge in [0.15, 0.2) is 0 Å². The van der Waals surface area contributed by atoms with Crippen LogP contribution in [0.5, 0.6) is 0 Å². The highest BCUT2D eigenvalue weighted by Gasteiger charge is 1.91. The summed E-state index contributed by atoms with van der Waals surface area (Å²) in [4.78, 5) is 0.909. The van der Waals surface area contributed by atoms with Gasteiger partial charge in [-0.05, 0) is 40.8 Å². The molecular formula is C6H4ClIS. The maximum atomic E-state index is 5.70. The van der Waals surface area contributed by atoms with Crippen LogP contribution >= 0.6 is 46.8 Å². The molecular weight excluding hydrogens is 266 g/mol. The van der Waals surface area contributed by atoms with Gasteiger partial charge < -0.3 is 0 Å². The maximum Gasteiger partial charge on any atom is 0.0427 e. The Morgan fingerprint density at radius 2 is 2.00 bits per heavy atom. The van der Waals surface area contributed by atoms with Crippen molar-refractivity contribution in [2.24, 2.45) is 0 Å². The summed E-state index contributed by atoms with van der Waals surface area (Å²) in [5.74, 6) is 0. The Balaban J connectivity index is 3.17. The van der Waals surface area contributed by atoms with E-state index in [1.54, 1.807) is 0 Å². The fourth-order valence-electron chi connectivity index (χ4n) is 0.539. The Labute approximate surface area is 78.2 Å². The smallest absolute Gasteiger partial charge is 0.0427 e. The van der Waals surface area contributed by atoms with Crippen molar-refractivity contribution < 1.29 is 0 Å². The van der Waals surface area contributed by atoms with Gasteiger partial charge in [-0.25, -0.2) is 0 Å². The van der Waals surface area contributed by atoms with Crippen LogP contribution in [0, 0.1) is 3.57 Å². The lowest BCUT2D eigenvalue weighted by Gasteiger charge is -1.93. The Morgan fingerprint density at radius 1 is 1.33 bits per heavy atom. The van der Waals surface area contributed by atoms with Gasteiger partial charge in [0.05, 0.1) is 0 Å². The molecule has 0 saturated heterocycles. The molecule has 0 fully saturated rings. The van der Waals surface area contributed by atoms with Gasteiger partial charge >= 0.3 is 0 Å². The van der Waals surface area contributed by atoms with E-state index in [0.717, 1.165) is 13.5 Å². The Bertz CT molecular complexity index is 174. The van der Waals surface area contributed by atoms with Crippen LogP contribution in [0.3, 0.4) is 0 Å². The minimum atomic E-state index is 0.743. The number of benzene rings is 1. The fourth-order valence-corrected chi connectivity index (χ4v) is 2.23. The number of thiol groups is 1. The average Bonchev–Trinajstić information content (AvgIpc) is 1.59. The van der Waals surface area contributed by atoms with Crippen LogP contribution in [0.2, 0.25) is 5.02 Å². The number of rotatable bonds is 0. The van der Waals surface area contributed by atoms with E-state index in [-0.39, 0.29) is 0 Å². The molecule has 0 bridgehead atoms. The highest BCUT2D eigenvalue weighted by molar-refractivity contribution is 14.1. The molecule has 1 aromatic carbocycles. The van der Waals surface area contributed by atoms with Gasteiger partial charge in [0.1, 0.15) is 0 Å². The third-order valence-corrected chi connectivity index (χ3v) is 1.95. The third-order valence-electron chi connectivity index (χ3n) is 0.847. The Morgan fingerprint density at radius 3 is 2.44 bits per heavy atom. The van der Waals surface area contributed by atoms with E-state index in [1.165, 1.54) is 0 Å².